The minimum atomic E-state index is -0.958. The van der Waals surface area contributed by atoms with Gasteiger partial charge in [-0.25, -0.2) is 9.78 Å². The molecule has 1 aromatic heterocycles. The fourth-order valence-corrected chi connectivity index (χ4v) is 3.07. The van der Waals surface area contributed by atoms with Crippen molar-refractivity contribution in [2.75, 3.05) is 5.75 Å². The summed E-state index contributed by atoms with van der Waals surface area (Å²) in [5, 5.41) is 11.7. The monoisotopic (exact) mass is 346 g/mol. The summed E-state index contributed by atoms with van der Waals surface area (Å²) in [6.07, 6.45) is 3.31. The molecule has 1 atom stereocenters. The lowest BCUT2D eigenvalue weighted by Crippen LogP contribution is -2.43. The standard InChI is InChI=1S/C17H18N2O4S/c20-14(19-15(17(21)22)11-6-7-11)10-24-9-13-8-23-16(18-13)12-4-2-1-3-5-12/h1-5,8,11,15H,6-7,9-10H2,(H,19,20)(H,21,22). The molecule has 1 aliphatic rings. The van der Waals surface area contributed by atoms with Crippen molar-refractivity contribution in [3.63, 3.8) is 0 Å². The van der Waals surface area contributed by atoms with Crippen LogP contribution in [0.2, 0.25) is 0 Å². The Morgan fingerprint density at radius 1 is 1.33 bits per heavy atom. The van der Waals surface area contributed by atoms with E-state index in [9.17, 15) is 9.59 Å². The summed E-state index contributed by atoms with van der Waals surface area (Å²) < 4.78 is 5.44. The number of aliphatic carboxylic acids is 1. The molecule has 6 nitrogen and oxygen atoms in total. The molecule has 24 heavy (non-hydrogen) atoms. The minimum Gasteiger partial charge on any atom is -0.480 e. The van der Waals surface area contributed by atoms with Gasteiger partial charge in [0.05, 0.1) is 11.4 Å². The van der Waals surface area contributed by atoms with Crippen LogP contribution in [-0.2, 0) is 15.3 Å². The van der Waals surface area contributed by atoms with E-state index in [0.29, 0.717) is 11.6 Å². The molecule has 0 bridgehead atoms. The number of amides is 1. The summed E-state index contributed by atoms with van der Waals surface area (Å²) in [7, 11) is 0. The number of aromatic nitrogens is 1. The Labute approximate surface area is 143 Å². The van der Waals surface area contributed by atoms with E-state index in [1.807, 2.05) is 30.3 Å². The van der Waals surface area contributed by atoms with Gasteiger partial charge in [-0.2, -0.15) is 0 Å². The number of hydrogen-bond acceptors (Lipinski definition) is 5. The van der Waals surface area contributed by atoms with Crippen molar-refractivity contribution in [1.29, 1.82) is 0 Å². The first-order valence-corrected chi connectivity index (χ1v) is 8.88. The highest BCUT2D eigenvalue weighted by atomic mass is 32.2. The molecule has 1 aliphatic carbocycles. The van der Waals surface area contributed by atoms with Crippen molar-refractivity contribution in [3.05, 3.63) is 42.3 Å². The molecule has 2 aromatic rings. The molecule has 2 N–H and O–H groups in total. The van der Waals surface area contributed by atoms with E-state index in [1.165, 1.54) is 11.8 Å². The molecule has 126 valence electrons. The highest BCUT2D eigenvalue weighted by molar-refractivity contribution is 7.99. The second-order valence-corrected chi connectivity index (χ2v) is 6.71. The Kier molecular flexibility index (Phi) is 5.20. The van der Waals surface area contributed by atoms with Gasteiger partial charge in [0, 0.05) is 11.3 Å². The summed E-state index contributed by atoms with van der Waals surface area (Å²) in [6, 6.07) is 8.83. The molecule has 7 heteroatoms. The first-order chi connectivity index (χ1) is 11.6. The lowest BCUT2D eigenvalue weighted by atomic mass is 10.2. The van der Waals surface area contributed by atoms with E-state index in [0.717, 1.165) is 24.1 Å². The van der Waals surface area contributed by atoms with Gasteiger partial charge >= 0.3 is 5.97 Å². The fraction of sp³-hybridized carbons (Fsp3) is 0.353. The van der Waals surface area contributed by atoms with Crippen LogP contribution in [0.25, 0.3) is 11.5 Å². The van der Waals surface area contributed by atoms with Crippen LogP contribution < -0.4 is 5.32 Å². The summed E-state index contributed by atoms with van der Waals surface area (Å²) in [5.41, 5.74) is 1.66. The Morgan fingerprint density at radius 2 is 2.08 bits per heavy atom. The van der Waals surface area contributed by atoms with Gasteiger partial charge in [-0.1, -0.05) is 18.2 Å². The number of benzene rings is 1. The average molecular weight is 346 g/mol. The number of carbonyl (C=O) groups is 2. The third kappa shape index (κ3) is 4.38. The second kappa shape index (κ2) is 7.53. The molecule has 1 unspecified atom stereocenters. The molecule has 1 aromatic carbocycles. The van der Waals surface area contributed by atoms with Crippen LogP contribution >= 0.6 is 11.8 Å². The van der Waals surface area contributed by atoms with Crippen LogP contribution in [0.3, 0.4) is 0 Å². The third-order valence-electron chi connectivity index (χ3n) is 3.73. The molecule has 1 saturated carbocycles. The molecule has 0 saturated heterocycles. The SMILES string of the molecule is O=C(CSCc1coc(-c2ccccc2)n1)NC(C(=O)O)C1CC1. The van der Waals surface area contributed by atoms with Gasteiger partial charge in [0.15, 0.2) is 0 Å². The molecule has 3 rings (SSSR count). The summed E-state index contributed by atoms with van der Waals surface area (Å²) in [4.78, 5) is 27.4. The highest BCUT2D eigenvalue weighted by Crippen LogP contribution is 2.32. The lowest BCUT2D eigenvalue weighted by Gasteiger charge is -2.12. The Bertz CT molecular complexity index is 712. The topological polar surface area (TPSA) is 92.4 Å². The van der Waals surface area contributed by atoms with Crippen LogP contribution in [0, 0.1) is 5.92 Å². The number of thioether (sulfide) groups is 1. The molecule has 0 spiro atoms. The maximum atomic E-state index is 11.9. The normalized spacial score (nSPS) is 15.0. The fourth-order valence-electron chi connectivity index (χ4n) is 2.36. The molecule has 0 radical (unpaired) electrons. The Hall–Kier alpha value is -2.28. The summed E-state index contributed by atoms with van der Waals surface area (Å²) in [5.74, 6) is 0.149. The van der Waals surface area contributed by atoms with Crippen LogP contribution in [0.1, 0.15) is 18.5 Å². The van der Waals surface area contributed by atoms with Crippen molar-refractivity contribution in [3.8, 4) is 11.5 Å². The molecule has 0 aliphatic heterocycles. The molecular formula is C17H18N2O4S. The quantitative estimate of drug-likeness (QED) is 0.763. The number of hydrogen-bond donors (Lipinski definition) is 2. The van der Waals surface area contributed by atoms with Gasteiger partial charge in [0.1, 0.15) is 12.3 Å². The largest absolute Gasteiger partial charge is 0.480 e. The lowest BCUT2D eigenvalue weighted by molar-refractivity contribution is -0.142. The number of oxazole rings is 1. The van der Waals surface area contributed by atoms with Gasteiger partial charge in [-0.3, -0.25) is 4.79 Å². The van der Waals surface area contributed by atoms with Crippen LogP contribution in [0.15, 0.2) is 41.0 Å². The number of nitrogens with one attached hydrogen (secondary N) is 1. The third-order valence-corrected chi connectivity index (χ3v) is 4.70. The maximum Gasteiger partial charge on any atom is 0.326 e. The molecule has 1 fully saturated rings. The molecular weight excluding hydrogens is 328 g/mol. The zero-order valence-electron chi connectivity index (χ0n) is 13.0. The maximum absolute atomic E-state index is 11.9. The van der Waals surface area contributed by atoms with E-state index >= 15 is 0 Å². The van der Waals surface area contributed by atoms with Crippen molar-refractivity contribution in [1.82, 2.24) is 10.3 Å². The van der Waals surface area contributed by atoms with Crippen molar-refractivity contribution >= 4 is 23.6 Å². The van der Waals surface area contributed by atoms with Crippen LogP contribution in [0.5, 0.6) is 0 Å². The molecule has 1 amide bonds. The number of carbonyl (C=O) groups excluding carboxylic acids is 1. The Balaban J connectivity index is 1.45. The highest BCUT2D eigenvalue weighted by Gasteiger charge is 2.37. The first-order valence-electron chi connectivity index (χ1n) is 7.73. The van der Waals surface area contributed by atoms with Crippen molar-refractivity contribution < 1.29 is 19.1 Å². The predicted molar refractivity (Wildman–Crippen MR) is 90.4 cm³/mol. The average Bonchev–Trinajstić information content (AvgIpc) is 3.31. The zero-order chi connectivity index (χ0) is 16.9. The summed E-state index contributed by atoms with van der Waals surface area (Å²) in [6.45, 7) is 0. The van der Waals surface area contributed by atoms with Crippen molar-refractivity contribution in [2.45, 2.75) is 24.6 Å². The van der Waals surface area contributed by atoms with Gasteiger partial charge in [0.25, 0.3) is 0 Å². The Morgan fingerprint density at radius 3 is 2.75 bits per heavy atom. The first kappa shape index (κ1) is 16.6. The number of carboxylic acids is 1. The van der Waals surface area contributed by atoms with Gasteiger partial charge in [-0.15, -0.1) is 11.8 Å². The minimum absolute atomic E-state index is 0.0837. The van der Waals surface area contributed by atoms with E-state index in [1.54, 1.807) is 6.26 Å². The van der Waals surface area contributed by atoms with Gasteiger partial charge < -0.3 is 14.8 Å². The molecule has 1 heterocycles. The second-order valence-electron chi connectivity index (χ2n) is 5.72. The van der Waals surface area contributed by atoms with Gasteiger partial charge in [-0.05, 0) is 30.9 Å². The van der Waals surface area contributed by atoms with Crippen LogP contribution in [-0.4, -0.2) is 33.8 Å². The van der Waals surface area contributed by atoms with E-state index < -0.39 is 12.0 Å². The van der Waals surface area contributed by atoms with E-state index in [-0.39, 0.29) is 17.6 Å². The van der Waals surface area contributed by atoms with Gasteiger partial charge in [0.2, 0.25) is 11.8 Å². The van der Waals surface area contributed by atoms with Crippen molar-refractivity contribution in [2.24, 2.45) is 5.92 Å². The predicted octanol–water partition coefficient (Wildman–Crippen LogP) is 2.55. The van der Waals surface area contributed by atoms with Crippen LogP contribution in [0.4, 0.5) is 0 Å². The number of nitrogens with zero attached hydrogens (tertiary/aromatic N) is 1. The number of carboxylic acid groups (broad SMARTS) is 1. The number of rotatable bonds is 8. The summed E-state index contributed by atoms with van der Waals surface area (Å²) >= 11 is 1.38. The van der Waals surface area contributed by atoms with E-state index in [4.69, 9.17) is 9.52 Å². The zero-order valence-corrected chi connectivity index (χ0v) is 13.8. The smallest absolute Gasteiger partial charge is 0.326 e. The van der Waals surface area contributed by atoms with E-state index in [2.05, 4.69) is 10.3 Å².